The van der Waals surface area contributed by atoms with Crippen molar-refractivity contribution in [3.63, 3.8) is 0 Å². The van der Waals surface area contributed by atoms with Crippen LogP contribution >= 0.6 is 23.2 Å². The predicted octanol–water partition coefficient (Wildman–Crippen LogP) is 3.80. The first-order chi connectivity index (χ1) is 16.6. The van der Waals surface area contributed by atoms with Crippen molar-refractivity contribution in [2.75, 3.05) is 38.1 Å². The summed E-state index contributed by atoms with van der Waals surface area (Å²) in [6.45, 7) is 7.09. The maximum Gasteiger partial charge on any atom is 0.322 e. The van der Waals surface area contributed by atoms with Crippen LogP contribution in [0, 0.1) is 5.41 Å². The fourth-order valence-corrected chi connectivity index (χ4v) is 6.23. The van der Waals surface area contributed by atoms with E-state index in [4.69, 9.17) is 27.9 Å². The third-order valence-electron chi connectivity index (χ3n) is 8.39. The maximum absolute atomic E-state index is 13.4. The average molecular weight is 525 g/mol. The number of carbonyl (C=O) groups is 2. The number of nitrogens with one attached hydrogen (secondary N) is 1. The van der Waals surface area contributed by atoms with Crippen molar-refractivity contribution in [3.8, 4) is 0 Å². The van der Waals surface area contributed by atoms with Gasteiger partial charge in [0.2, 0.25) is 5.91 Å². The standard InChI is InChI=1S/C25H34Cl2N4O4/c1-16-22(33)31-18(4-3-10-29-11-9-25(7-8-25)21(32)13-29)14-35-24(31,2)15-30(16)23(34)28-17-5-6-19(26)20(27)12-17/h5-6,12,16,18,21,32H,3-4,7-11,13-15H2,1-2H3,(H,28,34). The number of carbonyl (C=O) groups excluding carboxylic acids is 2. The van der Waals surface area contributed by atoms with E-state index in [1.54, 1.807) is 25.1 Å². The molecule has 4 atom stereocenters. The predicted molar refractivity (Wildman–Crippen MR) is 135 cm³/mol. The summed E-state index contributed by atoms with van der Waals surface area (Å²) in [7, 11) is 0. The molecule has 35 heavy (non-hydrogen) atoms. The number of aliphatic hydroxyl groups excluding tert-OH is 1. The average Bonchev–Trinajstić information content (AvgIpc) is 3.52. The molecule has 0 aromatic heterocycles. The van der Waals surface area contributed by atoms with Gasteiger partial charge in [0.25, 0.3) is 0 Å². The number of rotatable bonds is 5. The van der Waals surface area contributed by atoms with E-state index in [9.17, 15) is 14.7 Å². The van der Waals surface area contributed by atoms with E-state index in [-0.39, 0.29) is 36.0 Å². The summed E-state index contributed by atoms with van der Waals surface area (Å²) in [4.78, 5) is 32.2. The van der Waals surface area contributed by atoms with E-state index in [2.05, 4.69) is 10.2 Å². The normalized spacial score (nSPS) is 32.1. The van der Waals surface area contributed by atoms with Gasteiger partial charge in [-0.2, -0.15) is 0 Å². The zero-order chi connectivity index (χ0) is 25.0. The third-order valence-corrected chi connectivity index (χ3v) is 9.13. The summed E-state index contributed by atoms with van der Waals surface area (Å²) in [5, 5.41) is 14.0. The number of hydrogen-bond acceptors (Lipinski definition) is 5. The second kappa shape index (κ2) is 9.38. The maximum atomic E-state index is 13.4. The Morgan fingerprint density at radius 1 is 1.26 bits per heavy atom. The van der Waals surface area contributed by atoms with E-state index in [0.717, 1.165) is 51.7 Å². The molecule has 3 aliphatic heterocycles. The van der Waals surface area contributed by atoms with Crippen molar-refractivity contribution < 1.29 is 19.4 Å². The summed E-state index contributed by atoms with van der Waals surface area (Å²) < 4.78 is 6.13. The first kappa shape index (κ1) is 25.1. The first-order valence-corrected chi connectivity index (χ1v) is 13.3. The first-order valence-electron chi connectivity index (χ1n) is 12.5. The fraction of sp³-hybridized carbons (Fsp3) is 0.680. The molecule has 10 heteroatoms. The molecule has 8 nitrogen and oxygen atoms in total. The van der Waals surface area contributed by atoms with Gasteiger partial charge in [0.15, 0.2) is 5.72 Å². The van der Waals surface area contributed by atoms with Crippen LogP contribution in [0.4, 0.5) is 10.5 Å². The van der Waals surface area contributed by atoms with Crippen LogP contribution in [-0.2, 0) is 9.53 Å². The van der Waals surface area contributed by atoms with Crippen molar-refractivity contribution in [1.82, 2.24) is 14.7 Å². The number of benzene rings is 1. The Morgan fingerprint density at radius 3 is 2.71 bits per heavy atom. The lowest BCUT2D eigenvalue weighted by molar-refractivity contribution is -0.167. The summed E-state index contributed by atoms with van der Waals surface area (Å²) >= 11 is 12.0. The lowest BCUT2D eigenvalue weighted by Gasteiger charge is -2.47. The van der Waals surface area contributed by atoms with Crippen LogP contribution in [0.25, 0.3) is 0 Å². The summed E-state index contributed by atoms with van der Waals surface area (Å²) in [5.41, 5.74) is -0.133. The molecule has 2 N–H and O–H groups in total. The van der Waals surface area contributed by atoms with E-state index in [1.165, 1.54) is 4.90 Å². The number of halogens is 2. The molecule has 1 aromatic carbocycles. The SMILES string of the molecule is CC1C(=O)N2C(CCCN3CCC4(CC4)C(O)C3)COC2(C)CN1C(=O)Nc1ccc(Cl)c(Cl)c1. The van der Waals surface area contributed by atoms with Crippen LogP contribution in [-0.4, -0.2) is 88.4 Å². The highest BCUT2D eigenvalue weighted by atomic mass is 35.5. The minimum atomic E-state index is -0.858. The van der Waals surface area contributed by atoms with Crippen molar-refractivity contribution in [1.29, 1.82) is 0 Å². The Balaban J connectivity index is 1.17. The second-order valence-corrected chi connectivity index (χ2v) is 11.6. The van der Waals surface area contributed by atoms with E-state index in [0.29, 0.717) is 22.3 Å². The molecule has 1 saturated carbocycles. The molecule has 1 spiro atoms. The number of likely N-dealkylation sites (tertiary alicyclic amines) is 1. The van der Waals surface area contributed by atoms with E-state index < -0.39 is 11.8 Å². The molecule has 4 aliphatic rings. The Labute approximate surface area is 216 Å². The van der Waals surface area contributed by atoms with Gasteiger partial charge in [-0.3, -0.25) is 4.79 Å². The van der Waals surface area contributed by atoms with Crippen LogP contribution in [0.2, 0.25) is 10.0 Å². The Kier molecular flexibility index (Phi) is 6.72. The van der Waals surface area contributed by atoms with Crippen LogP contribution in [0.1, 0.15) is 46.0 Å². The highest BCUT2D eigenvalue weighted by Gasteiger charge is 2.55. The van der Waals surface area contributed by atoms with Crippen LogP contribution in [0.3, 0.4) is 0 Å². The van der Waals surface area contributed by atoms with Gasteiger partial charge in [0.05, 0.1) is 35.3 Å². The van der Waals surface area contributed by atoms with Crippen molar-refractivity contribution in [2.45, 2.75) is 69.9 Å². The minimum Gasteiger partial charge on any atom is -0.391 e. The number of β-amino-alcohol motifs (C(OH)–C–C–N with tert-alkyl or cyclic N) is 1. The molecule has 0 bridgehead atoms. The Morgan fingerprint density at radius 2 is 2.03 bits per heavy atom. The number of piperazine rings is 1. The second-order valence-electron chi connectivity index (χ2n) is 10.8. The van der Waals surface area contributed by atoms with Crippen molar-refractivity contribution in [3.05, 3.63) is 28.2 Å². The number of aliphatic hydroxyl groups is 1. The number of amides is 3. The molecule has 3 amide bonds. The molecule has 192 valence electrons. The molecule has 5 rings (SSSR count). The zero-order valence-corrected chi connectivity index (χ0v) is 21.8. The molecule has 3 saturated heterocycles. The van der Waals surface area contributed by atoms with Crippen LogP contribution in [0.5, 0.6) is 0 Å². The van der Waals surface area contributed by atoms with Gasteiger partial charge in [-0.05, 0) is 82.7 Å². The van der Waals surface area contributed by atoms with Gasteiger partial charge in [0, 0.05) is 12.2 Å². The number of nitrogens with zero attached hydrogens (tertiary/aromatic N) is 3. The number of hydrogen-bond donors (Lipinski definition) is 2. The minimum absolute atomic E-state index is 0.0141. The molecule has 1 aromatic rings. The lowest BCUT2D eigenvalue weighted by Crippen LogP contribution is -2.67. The van der Waals surface area contributed by atoms with Crippen molar-refractivity contribution >= 4 is 40.8 Å². The quantitative estimate of drug-likeness (QED) is 0.611. The van der Waals surface area contributed by atoms with Gasteiger partial charge in [0.1, 0.15) is 6.04 Å². The molecular formula is C25H34Cl2N4O4. The number of ether oxygens (including phenoxy) is 1. The fourth-order valence-electron chi connectivity index (χ4n) is 5.93. The number of urea groups is 1. The Bertz CT molecular complexity index is 1010. The van der Waals surface area contributed by atoms with Gasteiger partial charge in [-0.25, -0.2) is 4.79 Å². The third kappa shape index (κ3) is 4.76. The number of fused-ring (bicyclic) bond motifs is 1. The van der Waals surface area contributed by atoms with E-state index in [1.807, 2.05) is 11.8 Å². The van der Waals surface area contributed by atoms with Crippen molar-refractivity contribution in [2.24, 2.45) is 5.41 Å². The molecule has 4 unspecified atom stereocenters. The highest BCUT2D eigenvalue weighted by Crippen LogP contribution is 2.53. The molecule has 4 fully saturated rings. The smallest absolute Gasteiger partial charge is 0.322 e. The Hall–Kier alpha value is -1.58. The largest absolute Gasteiger partial charge is 0.391 e. The summed E-state index contributed by atoms with van der Waals surface area (Å²) in [5.74, 6) is -0.102. The number of anilines is 1. The number of piperidine rings is 1. The van der Waals surface area contributed by atoms with Crippen LogP contribution < -0.4 is 5.32 Å². The van der Waals surface area contributed by atoms with Gasteiger partial charge < -0.3 is 29.9 Å². The lowest BCUT2D eigenvalue weighted by atomic mass is 9.90. The molecule has 3 heterocycles. The topological polar surface area (TPSA) is 85.4 Å². The summed E-state index contributed by atoms with van der Waals surface area (Å²) in [6.07, 6.45) is 4.97. The summed E-state index contributed by atoms with van der Waals surface area (Å²) in [6, 6.07) is 3.87. The highest BCUT2D eigenvalue weighted by molar-refractivity contribution is 6.42. The molecule has 1 aliphatic carbocycles. The monoisotopic (exact) mass is 524 g/mol. The molecular weight excluding hydrogens is 491 g/mol. The van der Waals surface area contributed by atoms with Gasteiger partial charge in [-0.1, -0.05) is 23.2 Å². The zero-order valence-electron chi connectivity index (χ0n) is 20.3. The molecule has 0 radical (unpaired) electrons. The van der Waals surface area contributed by atoms with Gasteiger partial charge >= 0.3 is 6.03 Å². The van der Waals surface area contributed by atoms with E-state index >= 15 is 0 Å². The van der Waals surface area contributed by atoms with Gasteiger partial charge in [-0.15, -0.1) is 0 Å². The van der Waals surface area contributed by atoms with Crippen LogP contribution in [0.15, 0.2) is 18.2 Å².